The monoisotopic (exact) mass is 310 g/mol. The summed E-state index contributed by atoms with van der Waals surface area (Å²) in [5, 5.41) is 9.96. The molecule has 5 nitrogen and oxygen atoms in total. The first-order valence-electron chi connectivity index (χ1n) is 7.50. The minimum Gasteiger partial charge on any atom is -0.399 e. The zero-order valence-electron chi connectivity index (χ0n) is 12.2. The topological polar surface area (TPSA) is 83.6 Å². The van der Waals surface area contributed by atoms with E-state index in [1.165, 1.54) is 4.31 Å². The number of benzene rings is 1. The smallest absolute Gasteiger partial charge is 0.243 e. The number of nitrogen functional groups attached to an aromatic ring is 1. The number of aryl methyl sites for hydroxylation is 1. The Hall–Kier alpha value is -1.11. The summed E-state index contributed by atoms with van der Waals surface area (Å²) in [6.45, 7) is 2.88. The number of sulfonamides is 1. The zero-order chi connectivity index (χ0) is 15.2. The van der Waals surface area contributed by atoms with Crippen molar-refractivity contribution in [1.29, 1.82) is 0 Å². The summed E-state index contributed by atoms with van der Waals surface area (Å²) < 4.78 is 27.3. The Labute approximate surface area is 125 Å². The van der Waals surface area contributed by atoms with Crippen LogP contribution in [0.15, 0.2) is 23.1 Å². The van der Waals surface area contributed by atoms with Crippen molar-refractivity contribution in [3.05, 3.63) is 23.8 Å². The Morgan fingerprint density at radius 2 is 2.10 bits per heavy atom. The average molecular weight is 310 g/mol. The lowest BCUT2D eigenvalue weighted by Crippen LogP contribution is -2.31. The van der Waals surface area contributed by atoms with Gasteiger partial charge in [0, 0.05) is 24.7 Å². The van der Waals surface area contributed by atoms with E-state index in [0.29, 0.717) is 36.0 Å². The van der Waals surface area contributed by atoms with Gasteiger partial charge in [-0.25, -0.2) is 8.42 Å². The molecule has 0 aromatic heterocycles. The zero-order valence-corrected chi connectivity index (χ0v) is 13.0. The van der Waals surface area contributed by atoms with Crippen molar-refractivity contribution in [3.63, 3.8) is 0 Å². The first-order valence-corrected chi connectivity index (χ1v) is 8.94. The molecule has 3 N–H and O–H groups in total. The molecule has 2 fully saturated rings. The number of aliphatic hydroxyl groups is 1. The summed E-state index contributed by atoms with van der Waals surface area (Å²) in [7, 11) is -3.53. The Morgan fingerprint density at radius 1 is 1.33 bits per heavy atom. The van der Waals surface area contributed by atoms with Crippen LogP contribution in [0.5, 0.6) is 0 Å². The van der Waals surface area contributed by atoms with Crippen molar-refractivity contribution in [3.8, 4) is 0 Å². The highest BCUT2D eigenvalue weighted by Crippen LogP contribution is 2.40. The molecule has 1 heterocycles. The van der Waals surface area contributed by atoms with Gasteiger partial charge in [0.05, 0.1) is 11.0 Å². The fourth-order valence-electron chi connectivity index (χ4n) is 3.63. The highest BCUT2D eigenvalue weighted by Gasteiger charge is 2.46. The molecular weight excluding hydrogens is 288 g/mol. The maximum atomic E-state index is 12.9. The molecule has 0 spiro atoms. The van der Waals surface area contributed by atoms with Gasteiger partial charge in [-0.1, -0.05) is 13.0 Å². The van der Waals surface area contributed by atoms with Gasteiger partial charge in [-0.05, 0) is 42.9 Å². The van der Waals surface area contributed by atoms with Crippen molar-refractivity contribution >= 4 is 15.7 Å². The van der Waals surface area contributed by atoms with E-state index in [0.717, 1.165) is 18.4 Å². The number of aliphatic hydroxyl groups excluding tert-OH is 1. The Kier molecular flexibility index (Phi) is 3.71. The second-order valence-corrected chi connectivity index (χ2v) is 8.02. The lowest BCUT2D eigenvalue weighted by Gasteiger charge is -2.20. The van der Waals surface area contributed by atoms with E-state index >= 15 is 0 Å². The molecule has 1 aromatic carbocycles. The summed E-state index contributed by atoms with van der Waals surface area (Å²) in [5.41, 5.74) is 7.03. The predicted molar refractivity (Wildman–Crippen MR) is 81.2 cm³/mol. The fourth-order valence-corrected chi connectivity index (χ4v) is 5.50. The largest absolute Gasteiger partial charge is 0.399 e. The number of nitrogens with zero attached hydrogens (tertiary/aromatic N) is 1. The van der Waals surface area contributed by atoms with Gasteiger partial charge in [0.1, 0.15) is 0 Å². The van der Waals surface area contributed by atoms with Crippen molar-refractivity contribution in [2.45, 2.75) is 37.2 Å². The number of fused-ring (bicyclic) bond motifs is 1. The molecule has 1 aliphatic carbocycles. The van der Waals surface area contributed by atoms with Crippen molar-refractivity contribution in [2.75, 3.05) is 18.8 Å². The molecule has 21 heavy (non-hydrogen) atoms. The van der Waals surface area contributed by atoms with Crippen molar-refractivity contribution < 1.29 is 13.5 Å². The molecule has 0 bridgehead atoms. The third-order valence-corrected chi connectivity index (χ3v) is 6.79. The molecule has 6 heteroatoms. The van der Waals surface area contributed by atoms with Gasteiger partial charge in [-0.3, -0.25) is 0 Å². The normalized spacial score (nSPS) is 29.7. The van der Waals surface area contributed by atoms with Gasteiger partial charge >= 0.3 is 0 Å². The number of nitrogens with two attached hydrogens (primary N) is 1. The van der Waals surface area contributed by atoms with Gasteiger partial charge in [0.2, 0.25) is 10.0 Å². The minimum absolute atomic E-state index is 0.0888. The maximum Gasteiger partial charge on any atom is 0.243 e. The minimum atomic E-state index is -3.53. The van der Waals surface area contributed by atoms with E-state index in [4.69, 9.17) is 5.73 Å². The number of anilines is 1. The van der Waals surface area contributed by atoms with Gasteiger partial charge in [-0.15, -0.1) is 0 Å². The van der Waals surface area contributed by atoms with Crippen LogP contribution in [0.2, 0.25) is 0 Å². The third-order valence-electron chi connectivity index (χ3n) is 4.88. The summed E-state index contributed by atoms with van der Waals surface area (Å²) in [4.78, 5) is 0.319. The molecule has 116 valence electrons. The van der Waals surface area contributed by atoms with Crippen LogP contribution in [-0.2, 0) is 16.4 Å². The van der Waals surface area contributed by atoms with Crippen LogP contribution in [0.3, 0.4) is 0 Å². The van der Waals surface area contributed by atoms with Crippen LogP contribution >= 0.6 is 0 Å². The lowest BCUT2D eigenvalue weighted by atomic mass is 10.00. The van der Waals surface area contributed by atoms with E-state index in [2.05, 4.69) is 0 Å². The van der Waals surface area contributed by atoms with Crippen molar-refractivity contribution in [1.82, 2.24) is 4.31 Å². The second kappa shape index (κ2) is 5.26. The first kappa shape index (κ1) is 14.8. The quantitative estimate of drug-likeness (QED) is 0.822. The third kappa shape index (κ3) is 2.45. The Morgan fingerprint density at radius 3 is 2.76 bits per heavy atom. The molecule has 1 aromatic rings. The van der Waals surface area contributed by atoms with E-state index in [9.17, 15) is 13.5 Å². The molecule has 3 atom stereocenters. The van der Waals surface area contributed by atoms with Crippen LogP contribution in [0, 0.1) is 11.8 Å². The van der Waals surface area contributed by atoms with E-state index in [1.54, 1.807) is 18.2 Å². The van der Waals surface area contributed by atoms with E-state index in [1.807, 2.05) is 6.92 Å². The summed E-state index contributed by atoms with van der Waals surface area (Å²) >= 11 is 0. The van der Waals surface area contributed by atoms with Crippen molar-refractivity contribution in [2.24, 2.45) is 11.8 Å². The molecule has 1 saturated heterocycles. The number of hydrogen-bond acceptors (Lipinski definition) is 4. The fraction of sp³-hybridized carbons (Fsp3) is 0.600. The summed E-state index contributed by atoms with van der Waals surface area (Å²) in [5.74, 6) is 0.381. The highest BCUT2D eigenvalue weighted by molar-refractivity contribution is 7.89. The second-order valence-electron chi connectivity index (χ2n) is 6.11. The Balaban J connectivity index is 1.93. The van der Waals surface area contributed by atoms with Crippen LogP contribution in [0.4, 0.5) is 5.69 Å². The van der Waals surface area contributed by atoms with Crippen LogP contribution < -0.4 is 5.73 Å². The molecule has 0 radical (unpaired) electrons. The van der Waals surface area contributed by atoms with Gasteiger partial charge < -0.3 is 10.8 Å². The SMILES string of the molecule is CCc1ccc(N)cc1S(=O)(=O)N1CC2CCC(O)C2C1. The molecule has 3 rings (SSSR count). The van der Waals surface area contributed by atoms with Gasteiger partial charge in [0.25, 0.3) is 0 Å². The van der Waals surface area contributed by atoms with Crippen LogP contribution in [-0.4, -0.2) is 37.0 Å². The molecule has 0 amide bonds. The first-order chi connectivity index (χ1) is 9.93. The highest BCUT2D eigenvalue weighted by atomic mass is 32.2. The van der Waals surface area contributed by atoms with Crippen LogP contribution in [0.25, 0.3) is 0 Å². The summed E-state index contributed by atoms with van der Waals surface area (Å²) in [6.07, 6.45) is 2.00. The molecular formula is C15H22N2O3S. The van der Waals surface area contributed by atoms with E-state index in [-0.39, 0.29) is 12.0 Å². The molecule has 3 unspecified atom stereocenters. The maximum absolute atomic E-state index is 12.9. The lowest BCUT2D eigenvalue weighted by molar-refractivity contribution is 0.129. The van der Waals surface area contributed by atoms with Gasteiger partial charge in [0.15, 0.2) is 0 Å². The summed E-state index contributed by atoms with van der Waals surface area (Å²) in [6, 6.07) is 5.08. The average Bonchev–Trinajstić information content (AvgIpc) is 3.02. The van der Waals surface area contributed by atoms with E-state index < -0.39 is 10.0 Å². The Bertz CT molecular complexity index is 644. The number of rotatable bonds is 3. The molecule has 1 aliphatic heterocycles. The van der Waals surface area contributed by atoms with Crippen LogP contribution in [0.1, 0.15) is 25.3 Å². The standard InChI is InChI=1S/C15H22N2O3S/c1-2-10-3-5-12(16)7-15(10)21(19,20)17-8-11-4-6-14(18)13(11)9-17/h3,5,7,11,13-14,18H,2,4,6,8-9,16H2,1H3. The molecule has 1 saturated carbocycles. The molecule has 2 aliphatic rings. The van der Waals surface area contributed by atoms with Gasteiger partial charge in [-0.2, -0.15) is 4.31 Å². The predicted octanol–water partition coefficient (Wildman–Crippen LogP) is 1.22. The number of hydrogen-bond donors (Lipinski definition) is 2.